The van der Waals surface area contributed by atoms with Gasteiger partial charge in [0.1, 0.15) is 11.9 Å². The first kappa shape index (κ1) is 20.2. The molecule has 2 atom stereocenters. The van der Waals surface area contributed by atoms with Crippen LogP contribution in [0.5, 0.6) is 0 Å². The van der Waals surface area contributed by atoms with E-state index in [2.05, 4.69) is 12.1 Å². The average Bonchev–Trinajstić information content (AvgIpc) is 3.33. The molecule has 1 aliphatic carbocycles. The molecule has 154 valence electrons. The molecule has 0 radical (unpaired) electrons. The topological polar surface area (TPSA) is 71.4 Å². The Labute approximate surface area is 174 Å². The van der Waals surface area contributed by atoms with Crippen LogP contribution in [-0.4, -0.2) is 34.2 Å². The van der Waals surface area contributed by atoms with E-state index in [1.54, 1.807) is 12.3 Å². The number of ketones is 1. The van der Waals surface area contributed by atoms with E-state index in [4.69, 9.17) is 4.74 Å². The van der Waals surface area contributed by atoms with E-state index >= 15 is 0 Å². The summed E-state index contributed by atoms with van der Waals surface area (Å²) in [6.45, 7) is 0.549. The number of methoxy groups -OCH3 is 1. The lowest BCUT2D eigenvalue weighted by atomic mass is 9.84. The van der Waals surface area contributed by atoms with Gasteiger partial charge in [0.25, 0.3) is 0 Å². The van der Waals surface area contributed by atoms with E-state index in [0.29, 0.717) is 35.0 Å². The maximum Gasteiger partial charge on any atom is 0.314 e. The van der Waals surface area contributed by atoms with Crippen molar-refractivity contribution in [3.05, 3.63) is 52.8 Å². The van der Waals surface area contributed by atoms with Gasteiger partial charge < -0.3 is 13.9 Å². The molecule has 2 unspecified atom stereocenters. The Hall–Kier alpha value is -2.05. The lowest BCUT2D eigenvalue weighted by Crippen LogP contribution is -2.14. The highest BCUT2D eigenvalue weighted by molar-refractivity contribution is 7.90. The van der Waals surface area contributed by atoms with Gasteiger partial charge in [0.15, 0.2) is 4.90 Å². The van der Waals surface area contributed by atoms with Crippen molar-refractivity contribution in [1.82, 2.24) is 4.57 Å². The monoisotopic (exact) mass is 413 g/mol. The highest BCUT2D eigenvalue weighted by atomic mass is 32.2. The Morgan fingerprint density at radius 3 is 2.41 bits per heavy atom. The molecule has 1 saturated carbocycles. The summed E-state index contributed by atoms with van der Waals surface area (Å²) < 4.78 is 19.1. The van der Waals surface area contributed by atoms with E-state index in [-0.39, 0.29) is 11.8 Å². The fourth-order valence-corrected chi connectivity index (χ4v) is 5.55. The summed E-state index contributed by atoms with van der Waals surface area (Å²) in [7, 11) is 1.37. The van der Waals surface area contributed by atoms with Crippen molar-refractivity contribution in [1.29, 1.82) is 0 Å². The number of esters is 1. The smallest absolute Gasteiger partial charge is 0.314 e. The van der Waals surface area contributed by atoms with Crippen molar-refractivity contribution >= 4 is 22.9 Å². The van der Waals surface area contributed by atoms with Gasteiger partial charge in [-0.25, -0.2) is 0 Å². The zero-order chi connectivity index (χ0) is 20.5. The predicted molar refractivity (Wildman–Crippen MR) is 112 cm³/mol. The summed E-state index contributed by atoms with van der Waals surface area (Å²) in [4.78, 5) is 25.9. The molecule has 0 spiro atoms. The average molecular weight is 414 g/mol. The molecule has 2 aromatic rings. The second-order valence-corrected chi connectivity index (χ2v) is 9.39. The Balaban J connectivity index is 1.66. The molecular weight excluding hydrogens is 386 g/mol. The lowest BCUT2D eigenvalue weighted by Gasteiger charge is -2.22. The number of ether oxygens (including phenoxy) is 1. The molecule has 29 heavy (non-hydrogen) atoms. The van der Waals surface area contributed by atoms with Crippen molar-refractivity contribution in [3.8, 4) is 0 Å². The number of hydrogen-bond donors (Lipinski definition) is 0. The van der Waals surface area contributed by atoms with Crippen LogP contribution < -0.4 is 0 Å². The predicted octanol–water partition coefficient (Wildman–Crippen LogP) is 4.16. The molecule has 0 N–H and O–H groups in total. The SMILES string of the molecule is COC(=O)C1CCn2c1cc([S+](C)[O-])c2C(=O)c1ccc(C2CCCCC2)cc1. The number of carbonyl (C=O) groups excluding carboxylic acids is 2. The summed E-state index contributed by atoms with van der Waals surface area (Å²) in [6.07, 6.45) is 8.46. The largest absolute Gasteiger partial charge is 0.612 e. The maximum absolute atomic E-state index is 13.4. The number of carbonyl (C=O) groups is 2. The molecular formula is C23H27NO4S. The van der Waals surface area contributed by atoms with Crippen LogP contribution in [0.4, 0.5) is 0 Å². The number of aromatic nitrogens is 1. The molecule has 2 heterocycles. The minimum absolute atomic E-state index is 0.137. The van der Waals surface area contributed by atoms with Gasteiger partial charge in [-0.3, -0.25) is 9.59 Å². The fraction of sp³-hybridized carbons (Fsp3) is 0.478. The second-order valence-electron chi connectivity index (χ2n) is 8.04. The summed E-state index contributed by atoms with van der Waals surface area (Å²) >= 11 is -1.32. The first-order valence-electron chi connectivity index (χ1n) is 10.3. The maximum atomic E-state index is 13.4. The third-order valence-corrected chi connectivity index (χ3v) is 7.28. The molecule has 0 saturated heterocycles. The van der Waals surface area contributed by atoms with Gasteiger partial charge in [-0.2, -0.15) is 0 Å². The molecule has 1 aliphatic heterocycles. The van der Waals surface area contributed by atoms with Crippen molar-refractivity contribution < 1.29 is 18.9 Å². The minimum atomic E-state index is -1.32. The summed E-state index contributed by atoms with van der Waals surface area (Å²) in [5.74, 6) is -0.268. The first-order valence-corrected chi connectivity index (χ1v) is 11.9. The number of benzene rings is 1. The van der Waals surface area contributed by atoms with Crippen LogP contribution in [0.25, 0.3) is 0 Å². The summed E-state index contributed by atoms with van der Waals surface area (Å²) in [6, 6.07) is 9.66. The van der Waals surface area contributed by atoms with Crippen molar-refractivity contribution in [3.63, 3.8) is 0 Å². The number of fused-ring (bicyclic) bond motifs is 1. The quantitative estimate of drug-likeness (QED) is 0.419. The van der Waals surface area contributed by atoms with Crippen LogP contribution in [0.3, 0.4) is 0 Å². The molecule has 4 rings (SSSR count). The molecule has 1 aromatic carbocycles. The molecule has 2 aliphatic rings. The highest BCUT2D eigenvalue weighted by Gasteiger charge is 2.37. The number of nitrogens with zero attached hydrogens (tertiary/aromatic N) is 1. The van der Waals surface area contributed by atoms with Gasteiger partial charge >= 0.3 is 5.97 Å². The standard InChI is InChI=1S/C23H27NO4S/c1-28-23(26)18-12-13-24-19(18)14-20(29(2)27)21(24)22(25)17-10-8-16(9-11-17)15-6-4-3-5-7-15/h8-11,14-15,18H,3-7,12-13H2,1-2H3. The van der Waals surface area contributed by atoms with E-state index in [0.717, 1.165) is 5.69 Å². The van der Waals surface area contributed by atoms with Gasteiger partial charge in [-0.1, -0.05) is 43.5 Å². The Bertz CT molecular complexity index is 910. The molecule has 1 fully saturated rings. The Kier molecular flexibility index (Phi) is 5.83. The van der Waals surface area contributed by atoms with Crippen LogP contribution >= 0.6 is 0 Å². The lowest BCUT2D eigenvalue weighted by molar-refractivity contribution is -0.142. The number of rotatable bonds is 5. The first-order chi connectivity index (χ1) is 14.0. The van der Waals surface area contributed by atoms with Gasteiger partial charge in [-0.15, -0.1) is 0 Å². The molecule has 0 amide bonds. The summed E-state index contributed by atoms with van der Waals surface area (Å²) in [5, 5.41) is 0. The summed E-state index contributed by atoms with van der Waals surface area (Å²) in [5.41, 5.74) is 3.06. The van der Waals surface area contributed by atoms with E-state index in [1.807, 2.05) is 16.7 Å². The Morgan fingerprint density at radius 2 is 1.79 bits per heavy atom. The third kappa shape index (κ3) is 3.76. The molecule has 0 bridgehead atoms. The molecule has 1 aromatic heterocycles. The van der Waals surface area contributed by atoms with Crippen molar-refractivity contribution in [2.24, 2.45) is 0 Å². The fourth-order valence-electron chi connectivity index (χ4n) is 4.79. The normalized spacial score (nSPS) is 20.3. The zero-order valence-corrected chi connectivity index (χ0v) is 17.8. The van der Waals surface area contributed by atoms with Crippen LogP contribution in [0.15, 0.2) is 35.2 Å². The van der Waals surface area contributed by atoms with Crippen molar-refractivity contribution in [2.45, 2.75) is 61.8 Å². The van der Waals surface area contributed by atoms with Crippen molar-refractivity contribution in [2.75, 3.05) is 13.4 Å². The second kappa shape index (κ2) is 8.36. The van der Waals surface area contributed by atoms with Crippen LogP contribution in [0, 0.1) is 0 Å². The van der Waals surface area contributed by atoms with Gasteiger partial charge in [-0.05, 0) is 41.9 Å². The third-order valence-electron chi connectivity index (χ3n) is 6.35. The number of hydrogen-bond acceptors (Lipinski definition) is 4. The van der Waals surface area contributed by atoms with Gasteiger partial charge in [0.05, 0.1) is 13.0 Å². The zero-order valence-electron chi connectivity index (χ0n) is 17.0. The van der Waals surface area contributed by atoms with Crippen LogP contribution in [-0.2, 0) is 27.3 Å². The van der Waals surface area contributed by atoms with Gasteiger partial charge in [0, 0.05) is 23.9 Å². The van der Waals surface area contributed by atoms with Crippen LogP contribution in [0.1, 0.15) is 77.7 Å². The minimum Gasteiger partial charge on any atom is -0.612 e. The van der Waals surface area contributed by atoms with E-state index in [1.165, 1.54) is 44.8 Å². The molecule has 6 heteroatoms. The van der Waals surface area contributed by atoms with E-state index in [9.17, 15) is 14.1 Å². The van der Waals surface area contributed by atoms with Gasteiger partial charge in [0.2, 0.25) is 5.78 Å². The van der Waals surface area contributed by atoms with Crippen LogP contribution in [0.2, 0.25) is 0 Å². The molecule has 5 nitrogen and oxygen atoms in total. The Morgan fingerprint density at radius 1 is 1.10 bits per heavy atom. The van der Waals surface area contributed by atoms with E-state index < -0.39 is 17.1 Å². The highest BCUT2D eigenvalue weighted by Crippen LogP contribution is 2.37.